The number of nitriles is 1. The molecule has 26 heavy (non-hydrogen) atoms. The molecule has 0 aromatic heterocycles. The highest BCUT2D eigenvalue weighted by atomic mass is 16.5. The maximum atomic E-state index is 12.8. The first-order valence-electron chi connectivity index (χ1n) is 8.89. The Morgan fingerprint density at radius 1 is 1.23 bits per heavy atom. The van der Waals surface area contributed by atoms with E-state index in [1.807, 2.05) is 0 Å². The normalized spacial score (nSPS) is 16.9. The molecule has 1 amide bonds. The van der Waals surface area contributed by atoms with E-state index in [9.17, 15) is 14.9 Å². The zero-order valence-electron chi connectivity index (χ0n) is 15.9. The molecule has 1 aromatic rings. The summed E-state index contributed by atoms with van der Waals surface area (Å²) in [6.07, 6.45) is 3.59. The number of ketones is 1. The Balaban J connectivity index is 2.16. The number of amides is 1. The molecular formula is C20H26N2O4. The summed E-state index contributed by atoms with van der Waals surface area (Å²) in [6, 6.07) is 7.20. The summed E-state index contributed by atoms with van der Waals surface area (Å²) in [5.74, 6) is 0.465. The predicted octanol–water partition coefficient (Wildman–Crippen LogP) is 3.35. The van der Waals surface area contributed by atoms with Gasteiger partial charge >= 0.3 is 0 Å². The Hall–Kier alpha value is -2.55. The van der Waals surface area contributed by atoms with E-state index in [2.05, 4.69) is 6.07 Å². The second-order valence-corrected chi connectivity index (χ2v) is 6.78. The van der Waals surface area contributed by atoms with E-state index < -0.39 is 11.6 Å². The van der Waals surface area contributed by atoms with Gasteiger partial charge in [0.15, 0.2) is 23.4 Å². The van der Waals surface area contributed by atoms with Crippen molar-refractivity contribution >= 4 is 11.7 Å². The molecule has 6 heteroatoms. The van der Waals surface area contributed by atoms with Crippen molar-refractivity contribution in [1.82, 2.24) is 4.90 Å². The van der Waals surface area contributed by atoms with Crippen LogP contribution in [0.1, 0.15) is 56.3 Å². The molecule has 1 aromatic carbocycles. The van der Waals surface area contributed by atoms with Gasteiger partial charge < -0.3 is 14.4 Å². The third-order valence-corrected chi connectivity index (χ3v) is 5.08. The van der Waals surface area contributed by atoms with Gasteiger partial charge in [-0.3, -0.25) is 9.59 Å². The van der Waals surface area contributed by atoms with Gasteiger partial charge in [-0.25, -0.2) is 0 Å². The summed E-state index contributed by atoms with van der Waals surface area (Å²) in [6.45, 7) is 3.13. The smallest absolute Gasteiger partial charge is 0.264 e. The van der Waals surface area contributed by atoms with Gasteiger partial charge in [0.05, 0.1) is 13.2 Å². The molecule has 0 bridgehead atoms. The Labute approximate surface area is 154 Å². The Bertz CT molecular complexity index is 717. The Morgan fingerprint density at radius 3 is 2.42 bits per heavy atom. The first-order valence-corrected chi connectivity index (χ1v) is 8.89. The van der Waals surface area contributed by atoms with E-state index in [1.165, 1.54) is 18.9 Å². The topological polar surface area (TPSA) is 79.6 Å². The van der Waals surface area contributed by atoms with Crippen LogP contribution in [0, 0.1) is 11.3 Å². The van der Waals surface area contributed by atoms with Crippen molar-refractivity contribution in [2.24, 2.45) is 0 Å². The van der Waals surface area contributed by atoms with Crippen LogP contribution in [0.4, 0.5) is 0 Å². The number of hydrogen-bond acceptors (Lipinski definition) is 5. The third kappa shape index (κ3) is 3.98. The first-order chi connectivity index (χ1) is 12.3. The maximum absolute atomic E-state index is 12.8. The summed E-state index contributed by atoms with van der Waals surface area (Å²) in [4.78, 5) is 25.9. The summed E-state index contributed by atoms with van der Waals surface area (Å²) < 4.78 is 11.1. The average molecular weight is 358 g/mol. The highest BCUT2D eigenvalue weighted by molar-refractivity contribution is 5.94. The van der Waals surface area contributed by atoms with Crippen LogP contribution in [-0.4, -0.2) is 42.4 Å². The summed E-state index contributed by atoms with van der Waals surface area (Å²) in [7, 11) is 3.16. The van der Waals surface area contributed by atoms with Crippen molar-refractivity contribution in [3.05, 3.63) is 23.8 Å². The second-order valence-electron chi connectivity index (χ2n) is 6.78. The van der Waals surface area contributed by atoms with Crippen LogP contribution in [0.2, 0.25) is 0 Å². The van der Waals surface area contributed by atoms with Crippen molar-refractivity contribution in [3.8, 4) is 17.6 Å². The number of carbonyl (C=O) groups is 2. The van der Waals surface area contributed by atoms with E-state index in [0.717, 1.165) is 19.3 Å². The minimum Gasteiger partial charge on any atom is -0.493 e. The molecular weight excluding hydrogens is 332 g/mol. The lowest BCUT2D eigenvalue weighted by molar-refractivity contribution is -0.141. The van der Waals surface area contributed by atoms with Crippen LogP contribution < -0.4 is 9.47 Å². The van der Waals surface area contributed by atoms with Crippen molar-refractivity contribution in [2.75, 3.05) is 14.2 Å². The number of methoxy groups -OCH3 is 1. The molecule has 0 saturated heterocycles. The van der Waals surface area contributed by atoms with Crippen LogP contribution in [0.15, 0.2) is 18.2 Å². The fraction of sp³-hybridized carbons (Fsp3) is 0.550. The van der Waals surface area contributed by atoms with E-state index in [-0.39, 0.29) is 11.7 Å². The van der Waals surface area contributed by atoms with Gasteiger partial charge in [0.1, 0.15) is 5.54 Å². The molecule has 6 nitrogen and oxygen atoms in total. The lowest BCUT2D eigenvalue weighted by Gasteiger charge is -2.40. The van der Waals surface area contributed by atoms with Crippen molar-refractivity contribution < 1.29 is 19.1 Å². The zero-order valence-corrected chi connectivity index (χ0v) is 15.9. The predicted molar refractivity (Wildman–Crippen MR) is 97.3 cm³/mol. The Morgan fingerprint density at radius 2 is 1.88 bits per heavy atom. The van der Waals surface area contributed by atoms with Crippen LogP contribution in [-0.2, 0) is 4.79 Å². The minimum atomic E-state index is -0.774. The molecule has 2 rings (SSSR count). The van der Waals surface area contributed by atoms with Crippen LogP contribution in [0.3, 0.4) is 0 Å². The molecule has 140 valence electrons. The van der Waals surface area contributed by atoms with Crippen LogP contribution in [0.5, 0.6) is 11.5 Å². The zero-order chi connectivity index (χ0) is 19.3. The number of Topliss-reactive ketones (excluding diaryl/α,β-unsaturated/α-hetero) is 1. The number of hydrogen-bond donors (Lipinski definition) is 0. The van der Waals surface area contributed by atoms with Gasteiger partial charge in [0, 0.05) is 12.6 Å². The molecule has 0 unspecified atom stereocenters. The number of ether oxygens (including phenoxy) is 2. The minimum absolute atomic E-state index is 0.0769. The lowest BCUT2D eigenvalue weighted by Crippen LogP contribution is -2.53. The summed E-state index contributed by atoms with van der Waals surface area (Å²) >= 11 is 0. The summed E-state index contributed by atoms with van der Waals surface area (Å²) in [5, 5.41) is 9.66. The van der Waals surface area contributed by atoms with Gasteiger partial charge in [-0.2, -0.15) is 5.26 Å². The molecule has 1 saturated carbocycles. The quantitative estimate of drug-likeness (QED) is 0.729. The molecule has 0 radical (unpaired) electrons. The lowest BCUT2D eigenvalue weighted by atomic mass is 9.81. The first kappa shape index (κ1) is 19.8. The number of rotatable bonds is 6. The Kier molecular flexibility index (Phi) is 6.25. The molecule has 1 aliphatic carbocycles. The number of carbonyl (C=O) groups excluding carboxylic acids is 2. The van der Waals surface area contributed by atoms with Gasteiger partial charge in [-0.05, 0) is 44.9 Å². The largest absolute Gasteiger partial charge is 0.493 e. The van der Waals surface area contributed by atoms with Crippen molar-refractivity contribution in [3.63, 3.8) is 0 Å². The monoisotopic (exact) mass is 358 g/mol. The number of nitrogens with zero attached hydrogens (tertiary/aromatic N) is 2. The fourth-order valence-corrected chi connectivity index (χ4v) is 3.37. The highest BCUT2D eigenvalue weighted by Crippen LogP contribution is 2.34. The highest BCUT2D eigenvalue weighted by Gasteiger charge is 2.40. The van der Waals surface area contributed by atoms with Gasteiger partial charge in [-0.1, -0.05) is 19.3 Å². The molecule has 0 aliphatic heterocycles. The third-order valence-electron chi connectivity index (χ3n) is 5.08. The average Bonchev–Trinajstić information content (AvgIpc) is 2.67. The summed E-state index contributed by atoms with van der Waals surface area (Å²) in [5.41, 5.74) is -0.244. The van der Waals surface area contributed by atoms with E-state index in [4.69, 9.17) is 9.47 Å². The fourth-order valence-electron chi connectivity index (χ4n) is 3.37. The van der Waals surface area contributed by atoms with Crippen LogP contribution in [0.25, 0.3) is 0 Å². The molecule has 1 fully saturated rings. The maximum Gasteiger partial charge on any atom is 0.264 e. The van der Waals surface area contributed by atoms with E-state index in [1.54, 1.807) is 32.2 Å². The molecule has 0 heterocycles. The molecule has 0 spiro atoms. The van der Waals surface area contributed by atoms with Crippen LogP contribution >= 0.6 is 0 Å². The van der Waals surface area contributed by atoms with Crippen molar-refractivity contribution in [1.29, 1.82) is 5.26 Å². The number of likely N-dealkylation sites (N-methyl/N-ethyl adjacent to an activating group) is 1. The second kappa shape index (κ2) is 8.22. The molecule has 1 aliphatic rings. The standard InChI is InChI=1S/C20H26N2O4/c1-14(23)16-8-9-17(18(12-16)25-4)26-15(2)19(24)22(3)20(13-21)10-6-5-7-11-20/h8-9,12,15H,5-7,10-11H2,1-4H3/t15-/m1/s1. The van der Waals surface area contributed by atoms with Gasteiger partial charge in [0.25, 0.3) is 5.91 Å². The van der Waals surface area contributed by atoms with Gasteiger partial charge in [0.2, 0.25) is 0 Å². The number of benzene rings is 1. The van der Waals surface area contributed by atoms with Gasteiger partial charge in [-0.15, -0.1) is 0 Å². The molecule has 1 atom stereocenters. The molecule has 0 N–H and O–H groups in total. The SMILES string of the molecule is COc1cc(C(C)=O)ccc1O[C@H](C)C(=O)N(C)C1(C#N)CCCCC1. The van der Waals surface area contributed by atoms with E-state index >= 15 is 0 Å². The van der Waals surface area contributed by atoms with E-state index in [0.29, 0.717) is 29.9 Å². The van der Waals surface area contributed by atoms with Crippen molar-refractivity contribution in [2.45, 2.75) is 57.6 Å².